The van der Waals surface area contributed by atoms with Crippen molar-refractivity contribution in [3.8, 4) is 0 Å². The predicted molar refractivity (Wildman–Crippen MR) is 63.7 cm³/mol. The summed E-state index contributed by atoms with van der Waals surface area (Å²) < 4.78 is 1.96. The minimum atomic E-state index is 0.0774. The summed E-state index contributed by atoms with van der Waals surface area (Å²) in [6.45, 7) is 5.89. The van der Waals surface area contributed by atoms with Crippen LogP contribution in [0.15, 0.2) is 24.4 Å². The third-order valence-corrected chi connectivity index (χ3v) is 2.58. The smallest absolute Gasteiger partial charge is 0.176 e. The number of ketones is 1. The van der Waals surface area contributed by atoms with Gasteiger partial charge in [0.15, 0.2) is 5.78 Å². The molecular formula is C13H16N2O. The minimum Gasteiger partial charge on any atom is -0.293 e. The molecule has 0 saturated carbocycles. The molecule has 0 radical (unpaired) electrons. The molecule has 3 nitrogen and oxygen atoms in total. The Morgan fingerprint density at radius 3 is 2.81 bits per heavy atom. The second-order valence-corrected chi connectivity index (χ2v) is 4.50. The summed E-state index contributed by atoms with van der Waals surface area (Å²) in [5, 5.41) is 0. The normalized spacial score (nSPS) is 11.2. The van der Waals surface area contributed by atoms with Gasteiger partial charge in [-0.1, -0.05) is 19.9 Å². The van der Waals surface area contributed by atoms with Crippen molar-refractivity contribution in [3.63, 3.8) is 0 Å². The fourth-order valence-electron chi connectivity index (χ4n) is 1.90. The van der Waals surface area contributed by atoms with Crippen molar-refractivity contribution in [2.45, 2.75) is 27.2 Å². The molecule has 2 rings (SSSR count). The third kappa shape index (κ3) is 1.85. The van der Waals surface area contributed by atoms with Gasteiger partial charge in [0, 0.05) is 13.3 Å². The molecule has 2 aromatic rings. The van der Waals surface area contributed by atoms with Gasteiger partial charge in [0.05, 0.1) is 17.4 Å². The highest BCUT2D eigenvalue weighted by Gasteiger charge is 2.11. The molecule has 2 heterocycles. The van der Waals surface area contributed by atoms with Crippen LogP contribution in [0.3, 0.4) is 0 Å². The van der Waals surface area contributed by atoms with E-state index in [2.05, 4.69) is 18.8 Å². The van der Waals surface area contributed by atoms with Gasteiger partial charge in [-0.2, -0.15) is 0 Å². The summed E-state index contributed by atoms with van der Waals surface area (Å²) in [7, 11) is 0. The Kier molecular flexibility index (Phi) is 2.77. The number of Topliss-reactive ketones (excluding diaryl/α,β-unsaturated/α-hetero) is 1. The third-order valence-electron chi connectivity index (χ3n) is 2.58. The van der Waals surface area contributed by atoms with Gasteiger partial charge < -0.3 is 0 Å². The summed E-state index contributed by atoms with van der Waals surface area (Å²) >= 11 is 0. The van der Waals surface area contributed by atoms with Gasteiger partial charge in [-0.05, 0) is 18.1 Å². The quantitative estimate of drug-likeness (QED) is 0.739. The fraction of sp³-hybridized carbons (Fsp3) is 0.385. The van der Waals surface area contributed by atoms with Crippen LogP contribution in [0.25, 0.3) is 5.52 Å². The number of carbonyl (C=O) groups is 1. The molecule has 0 N–H and O–H groups in total. The van der Waals surface area contributed by atoms with Crippen LogP contribution in [0, 0.1) is 5.92 Å². The molecule has 0 unspecified atom stereocenters. The highest BCUT2D eigenvalue weighted by molar-refractivity contribution is 5.93. The van der Waals surface area contributed by atoms with Gasteiger partial charge in [-0.3, -0.25) is 9.20 Å². The average Bonchev–Trinajstić information content (AvgIpc) is 2.60. The first-order chi connectivity index (χ1) is 7.59. The Bertz CT molecular complexity index is 526. The van der Waals surface area contributed by atoms with Crippen LogP contribution in [0.2, 0.25) is 0 Å². The molecule has 0 atom stereocenters. The Morgan fingerprint density at radius 1 is 1.44 bits per heavy atom. The number of fused-ring (bicyclic) bond motifs is 1. The second kappa shape index (κ2) is 4.08. The van der Waals surface area contributed by atoms with E-state index >= 15 is 0 Å². The van der Waals surface area contributed by atoms with E-state index in [0.717, 1.165) is 17.8 Å². The van der Waals surface area contributed by atoms with Crippen molar-refractivity contribution in [1.82, 2.24) is 9.38 Å². The summed E-state index contributed by atoms with van der Waals surface area (Å²) in [4.78, 5) is 15.9. The van der Waals surface area contributed by atoms with Crippen LogP contribution < -0.4 is 0 Å². The molecule has 84 valence electrons. The lowest BCUT2D eigenvalue weighted by Crippen LogP contribution is -2.07. The van der Waals surface area contributed by atoms with Crippen molar-refractivity contribution in [3.05, 3.63) is 35.9 Å². The van der Waals surface area contributed by atoms with E-state index in [-0.39, 0.29) is 5.78 Å². The summed E-state index contributed by atoms with van der Waals surface area (Å²) in [5.41, 5.74) is 1.70. The topological polar surface area (TPSA) is 34.4 Å². The Morgan fingerprint density at radius 2 is 2.19 bits per heavy atom. The van der Waals surface area contributed by atoms with E-state index < -0.39 is 0 Å². The Hall–Kier alpha value is -1.64. The number of hydrogen-bond donors (Lipinski definition) is 0. The van der Waals surface area contributed by atoms with E-state index in [1.54, 1.807) is 6.92 Å². The molecular weight excluding hydrogens is 200 g/mol. The Labute approximate surface area is 95.1 Å². The highest BCUT2D eigenvalue weighted by Crippen LogP contribution is 2.14. The van der Waals surface area contributed by atoms with Gasteiger partial charge in [0.1, 0.15) is 5.82 Å². The maximum Gasteiger partial charge on any atom is 0.176 e. The monoisotopic (exact) mass is 216 g/mol. The van der Waals surface area contributed by atoms with Gasteiger partial charge in [-0.25, -0.2) is 4.98 Å². The number of aromatic nitrogens is 2. The van der Waals surface area contributed by atoms with Gasteiger partial charge >= 0.3 is 0 Å². The van der Waals surface area contributed by atoms with Crippen molar-refractivity contribution < 1.29 is 4.79 Å². The van der Waals surface area contributed by atoms with Gasteiger partial charge in [0.2, 0.25) is 0 Å². The van der Waals surface area contributed by atoms with Crippen LogP contribution in [0.5, 0.6) is 0 Å². The lowest BCUT2D eigenvalue weighted by Gasteiger charge is -2.07. The minimum absolute atomic E-state index is 0.0774. The molecule has 0 spiro atoms. The van der Waals surface area contributed by atoms with Crippen LogP contribution in [0.1, 0.15) is 37.1 Å². The molecule has 0 fully saturated rings. The molecule has 0 saturated heterocycles. The lowest BCUT2D eigenvalue weighted by molar-refractivity contribution is 0.101. The van der Waals surface area contributed by atoms with Crippen LogP contribution >= 0.6 is 0 Å². The van der Waals surface area contributed by atoms with E-state index in [9.17, 15) is 4.79 Å². The van der Waals surface area contributed by atoms with Gasteiger partial charge in [0.25, 0.3) is 0 Å². The molecule has 0 aliphatic carbocycles. The summed E-state index contributed by atoms with van der Waals surface area (Å²) in [5.74, 6) is 1.58. The lowest BCUT2D eigenvalue weighted by atomic mass is 10.1. The fourth-order valence-corrected chi connectivity index (χ4v) is 1.90. The largest absolute Gasteiger partial charge is 0.293 e. The number of carbonyl (C=O) groups excluding carboxylic acids is 1. The van der Waals surface area contributed by atoms with Crippen molar-refractivity contribution in [2.75, 3.05) is 0 Å². The molecule has 0 aliphatic rings. The maximum absolute atomic E-state index is 11.5. The molecule has 16 heavy (non-hydrogen) atoms. The first-order valence-electron chi connectivity index (χ1n) is 5.56. The van der Waals surface area contributed by atoms with E-state index in [0.29, 0.717) is 11.6 Å². The number of rotatable bonds is 3. The SMILES string of the molecule is CC(=O)c1cccc2cnc(CC(C)C)n12. The van der Waals surface area contributed by atoms with Crippen molar-refractivity contribution in [2.24, 2.45) is 5.92 Å². The molecule has 0 aromatic carbocycles. The summed E-state index contributed by atoms with van der Waals surface area (Å²) in [6, 6.07) is 5.72. The highest BCUT2D eigenvalue weighted by atomic mass is 16.1. The van der Waals surface area contributed by atoms with E-state index in [1.165, 1.54) is 0 Å². The molecule has 2 aromatic heterocycles. The average molecular weight is 216 g/mol. The second-order valence-electron chi connectivity index (χ2n) is 4.50. The molecule has 0 aliphatic heterocycles. The number of hydrogen-bond acceptors (Lipinski definition) is 2. The molecule has 0 bridgehead atoms. The number of pyridine rings is 1. The Balaban J connectivity index is 2.63. The van der Waals surface area contributed by atoms with Crippen LogP contribution in [0.4, 0.5) is 0 Å². The zero-order chi connectivity index (χ0) is 11.7. The predicted octanol–water partition coefficient (Wildman–Crippen LogP) is 2.74. The van der Waals surface area contributed by atoms with Crippen molar-refractivity contribution in [1.29, 1.82) is 0 Å². The molecule has 0 amide bonds. The van der Waals surface area contributed by atoms with E-state index in [4.69, 9.17) is 0 Å². The van der Waals surface area contributed by atoms with Crippen molar-refractivity contribution >= 4 is 11.3 Å². The maximum atomic E-state index is 11.5. The zero-order valence-electron chi connectivity index (χ0n) is 9.90. The van der Waals surface area contributed by atoms with E-state index in [1.807, 2.05) is 28.8 Å². The standard InChI is InChI=1S/C13H16N2O/c1-9(2)7-13-14-8-11-5-4-6-12(10(3)16)15(11)13/h4-6,8-9H,7H2,1-3H3. The number of nitrogens with zero attached hydrogens (tertiary/aromatic N) is 2. The first-order valence-corrected chi connectivity index (χ1v) is 5.56. The van der Waals surface area contributed by atoms with Gasteiger partial charge in [-0.15, -0.1) is 0 Å². The first kappa shape index (κ1) is 10.9. The summed E-state index contributed by atoms with van der Waals surface area (Å²) in [6.07, 6.45) is 2.71. The van der Waals surface area contributed by atoms with Crippen LogP contribution in [-0.2, 0) is 6.42 Å². The van der Waals surface area contributed by atoms with Crippen LogP contribution in [-0.4, -0.2) is 15.2 Å². The number of imidazole rings is 1. The molecule has 3 heteroatoms. The zero-order valence-corrected chi connectivity index (χ0v) is 9.90.